The molecule has 0 radical (unpaired) electrons. The zero-order valence-electron chi connectivity index (χ0n) is 6.98. The Kier molecular flexibility index (Phi) is 2.16. The third-order valence-corrected chi connectivity index (χ3v) is 2.26. The van der Waals surface area contributed by atoms with Gasteiger partial charge in [-0.15, -0.1) is 0 Å². The highest BCUT2D eigenvalue weighted by molar-refractivity contribution is 5.18. The van der Waals surface area contributed by atoms with Crippen molar-refractivity contribution in [3.8, 4) is 0 Å². The van der Waals surface area contributed by atoms with Gasteiger partial charge in [-0.05, 0) is 24.8 Å². The zero-order chi connectivity index (χ0) is 8.23. The first kappa shape index (κ1) is 7.47. The van der Waals surface area contributed by atoms with Gasteiger partial charge in [0.2, 0.25) is 0 Å². The number of rotatable bonds is 1. The molecule has 0 amide bonds. The second-order valence-electron chi connectivity index (χ2n) is 3.14. The lowest BCUT2D eigenvalue weighted by atomic mass is 9.91. The molecule has 0 fully saturated rings. The van der Waals surface area contributed by atoms with Gasteiger partial charge in [0.15, 0.2) is 0 Å². The first-order valence-corrected chi connectivity index (χ1v) is 4.38. The minimum atomic E-state index is 0.556. The number of nitrogens with zero attached hydrogens (tertiary/aromatic N) is 2. The Morgan fingerprint density at radius 1 is 1.25 bits per heavy atom. The van der Waals surface area contributed by atoms with Gasteiger partial charge in [0.05, 0.1) is 0 Å². The number of allylic oxidation sites excluding steroid dienone is 2. The van der Waals surface area contributed by atoms with E-state index < -0.39 is 0 Å². The van der Waals surface area contributed by atoms with Crippen molar-refractivity contribution >= 4 is 0 Å². The molecule has 1 heterocycles. The predicted molar refractivity (Wildman–Crippen MR) is 47.8 cm³/mol. The molecule has 0 unspecified atom stereocenters. The standard InChI is InChI=1S/C10H12N2/c1-2-4-9(5-3-1)10-6-11-8-12-7-10/h2,4,6-9H,1,3,5H2/t9-/m1/s1. The summed E-state index contributed by atoms with van der Waals surface area (Å²) >= 11 is 0. The van der Waals surface area contributed by atoms with Gasteiger partial charge in [-0.3, -0.25) is 0 Å². The fourth-order valence-corrected chi connectivity index (χ4v) is 1.59. The molecule has 62 valence electrons. The largest absolute Gasteiger partial charge is 0.245 e. The average Bonchev–Trinajstić information content (AvgIpc) is 2.21. The van der Waals surface area contributed by atoms with E-state index in [4.69, 9.17) is 0 Å². The number of hydrogen-bond donors (Lipinski definition) is 0. The Morgan fingerprint density at radius 3 is 2.75 bits per heavy atom. The summed E-state index contributed by atoms with van der Waals surface area (Å²) < 4.78 is 0. The molecule has 0 aromatic carbocycles. The number of hydrogen-bond acceptors (Lipinski definition) is 2. The van der Waals surface area contributed by atoms with Crippen LogP contribution in [-0.2, 0) is 0 Å². The van der Waals surface area contributed by atoms with Gasteiger partial charge in [-0.1, -0.05) is 12.2 Å². The van der Waals surface area contributed by atoms with Crippen molar-refractivity contribution in [1.29, 1.82) is 0 Å². The summed E-state index contributed by atoms with van der Waals surface area (Å²) in [5.41, 5.74) is 1.24. The lowest BCUT2D eigenvalue weighted by Crippen LogP contribution is -1.99. The van der Waals surface area contributed by atoms with Crippen LogP contribution < -0.4 is 0 Å². The smallest absolute Gasteiger partial charge is 0.115 e. The molecule has 2 heteroatoms. The van der Waals surface area contributed by atoms with Gasteiger partial charge in [0, 0.05) is 18.3 Å². The first-order valence-electron chi connectivity index (χ1n) is 4.38. The molecule has 0 aliphatic heterocycles. The molecule has 0 N–H and O–H groups in total. The Morgan fingerprint density at radius 2 is 2.08 bits per heavy atom. The third-order valence-electron chi connectivity index (χ3n) is 2.26. The van der Waals surface area contributed by atoms with Crippen LogP contribution in [-0.4, -0.2) is 9.97 Å². The maximum absolute atomic E-state index is 4.01. The van der Waals surface area contributed by atoms with Crippen molar-refractivity contribution in [2.75, 3.05) is 0 Å². The Bertz CT molecular complexity index is 266. The minimum Gasteiger partial charge on any atom is -0.245 e. The van der Waals surface area contributed by atoms with E-state index in [9.17, 15) is 0 Å². The highest BCUT2D eigenvalue weighted by Gasteiger charge is 2.10. The summed E-state index contributed by atoms with van der Waals surface area (Å²) in [6, 6.07) is 0. The van der Waals surface area contributed by atoms with Gasteiger partial charge in [-0.2, -0.15) is 0 Å². The van der Waals surface area contributed by atoms with Crippen molar-refractivity contribution in [1.82, 2.24) is 9.97 Å². The van der Waals surface area contributed by atoms with Crippen LogP contribution in [0.2, 0.25) is 0 Å². The van der Waals surface area contributed by atoms with E-state index >= 15 is 0 Å². The molecule has 1 aliphatic rings. The van der Waals surface area contributed by atoms with Gasteiger partial charge < -0.3 is 0 Å². The van der Waals surface area contributed by atoms with Crippen molar-refractivity contribution in [3.63, 3.8) is 0 Å². The van der Waals surface area contributed by atoms with E-state index in [1.807, 2.05) is 12.4 Å². The molecule has 0 saturated carbocycles. The molecule has 0 spiro atoms. The lowest BCUT2D eigenvalue weighted by molar-refractivity contribution is 0.650. The molecular weight excluding hydrogens is 148 g/mol. The molecule has 0 bridgehead atoms. The molecule has 2 rings (SSSR count). The summed E-state index contributed by atoms with van der Waals surface area (Å²) in [5.74, 6) is 0.556. The van der Waals surface area contributed by atoms with E-state index in [2.05, 4.69) is 22.1 Å². The predicted octanol–water partition coefficient (Wildman–Crippen LogP) is 2.30. The fourth-order valence-electron chi connectivity index (χ4n) is 1.59. The van der Waals surface area contributed by atoms with Crippen LogP contribution >= 0.6 is 0 Å². The summed E-state index contributed by atoms with van der Waals surface area (Å²) in [4.78, 5) is 8.03. The Hall–Kier alpha value is -1.18. The molecule has 0 saturated heterocycles. The quantitative estimate of drug-likeness (QED) is 0.589. The van der Waals surface area contributed by atoms with Crippen molar-refractivity contribution in [2.24, 2.45) is 0 Å². The van der Waals surface area contributed by atoms with Crippen LogP contribution in [0.4, 0.5) is 0 Å². The Labute approximate surface area is 72.4 Å². The SMILES string of the molecule is C1=C[C@@H](c2cncnc2)CCC1. The van der Waals surface area contributed by atoms with E-state index in [0.29, 0.717) is 5.92 Å². The molecular formula is C10H12N2. The van der Waals surface area contributed by atoms with Crippen LogP contribution in [0.15, 0.2) is 30.9 Å². The summed E-state index contributed by atoms with van der Waals surface area (Å²) in [7, 11) is 0. The highest BCUT2D eigenvalue weighted by atomic mass is 14.8. The third kappa shape index (κ3) is 1.52. The van der Waals surface area contributed by atoms with E-state index in [-0.39, 0.29) is 0 Å². The maximum Gasteiger partial charge on any atom is 0.115 e. The normalized spacial score (nSPS) is 22.5. The fraction of sp³-hybridized carbons (Fsp3) is 0.400. The summed E-state index contributed by atoms with van der Waals surface area (Å²) in [6.07, 6.45) is 13.7. The monoisotopic (exact) mass is 160 g/mol. The van der Waals surface area contributed by atoms with Crippen molar-refractivity contribution < 1.29 is 0 Å². The molecule has 12 heavy (non-hydrogen) atoms. The van der Waals surface area contributed by atoms with Crippen LogP contribution in [0.25, 0.3) is 0 Å². The van der Waals surface area contributed by atoms with Crippen LogP contribution in [0, 0.1) is 0 Å². The minimum absolute atomic E-state index is 0.556. The Balaban J connectivity index is 2.19. The van der Waals surface area contributed by atoms with Crippen molar-refractivity contribution in [2.45, 2.75) is 25.2 Å². The molecule has 2 nitrogen and oxygen atoms in total. The average molecular weight is 160 g/mol. The van der Waals surface area contributed by atoms with Gasteiger partial charge in [0.1, 0.15) is 6.33 Å². The first-order chi connectivity index (χ1) is 5.97. The van der Waals surface area contributed by atoms with Gasteiger partial charge in [-0.25, -0.2) is 9.97 Å². The van der Waals surface area contributed by atoms with Gasteiger partial charge in [0.25, 0.3) is 0 Å². The summed E-state index contributed by atoms with van der Waals surface area (Å²) in [5, 5.41) is 0. The molecule has 1 atom stereocenters. The van der Waals surface area contributed by atoms with Crippen LogP contribution in [0.5, 0.6) is 0 Å². The van der Waals surface area contributed by atoms with Crippen LogP contribution in [0.1, 0.15) is 30.7 Å². The van der Waals surface area contributed by atoms with E-state index in [1.54, 1.807) is 6.33 Å². The zero-order valence-corrected chi connectivity index (χ0v) is 6.98. The maximum atomic E-state index is 4.01. The second kappa shape index (κ2) is 3.48. The molecule has 1 aliphatic carbocycles. The molecule has 1 aromatic heterocycles. The van der Waals surface area contributed by atoms with E-state index in [1.165, 1.54) is 24.8 Å². The topological polar surface area (TPSA) is 25.8 Å². The van der Waals surface area contributed by atoms with Crippen LogP contribution in [0.3, 0.4) is 0 Å². The lowest BCUT2D eigenvalue weighted by Gasteiger charge is -2.15. The number of aromatic nitrogens is 2. The summed E-state index contributed by atoms with van der Waals surface area (Å²) in [6.45, 7) is 0. The highest BCUT2D eigenvalue weighted by Crippen LogP contribution is 2.25. The second-order valence-corrected chi connectivity index (χ2v) is 3.14. The van der Waals surface area contributed by atoms with Crippen molar-refractivity contribution in [3.05, 3.63) is 36.4 Å². The van der Waals surface area contributed by atoms with E-state index in [0.717, 1.165) is 0 Å². The molecule has 1 aromatic rings. The van der Waals surface area contributed by atoms with Gasteiger partial charge >= 0.3 is 0 Å².